The number of nitrogens with zero attached hydrogens (tertiary/aromatic N) is 12. The number of hydrogen-bond acceptors (Lipinski definition) is 28. The largest absolute Gasteiger partial charge is 0.393 e. The molecule has 0 unspecified atom stereocenters. The lowest BCUT2D eigenvalue weighted by atomic mass is 10.1. The Labute approximate surface area is 842 Å². The summed E-state index contributed by atoms with van der Waals surface area (Å²) in [5.41, 5.74) is 5.62. The molecule has 143 heavy (non-hydrogen) atoms. The molecule has 4 aliphatic carbocycles. The van der Waals surface area contributed by atoms with Crippen molar-refractivity contribution in [1.29, 1.82) is 0 Å². The van der Waals surface area contributed by atoms with Gasteiger partial charge < -0.3 is 82.6 Å². The summed E-state index contributed by atoms with van der Waals surface area (Å²) in [4.78, 5) is 147. The topological polar surface area (TPSA) is 430 Å². The van der Waals surface area contributed by atoms with Gasteiger partial charge in [0.1, 0.15) is 46.0 Å². The average Bonchev–Trinajstić information content (AvgIpc) is 1.63. The maximum atomic E-state index is 14.1. The van der Waals surface area contributed by atoms with E-state index < -0.39 is 171 Å². The van der Waals surface area contributed by atoms with E-state index in [0.717, 1.165) is 119 Å². The van der Waals surface area contributed by atoms with Crippen LogP contribution >= 0.6 is 45.3 Å². The first-order chi connectivity index (χ1) is 67.4. The summed E-state index contributed by atoms with van der Waals surface area (Å²) < 4.78 is 112. The number of halogens is 8. The van der Waals surface area contributed by atoms with E-state index in [2.05, 4.69) is 103 Å². The van der Waals surface area contributed by atoms with Gasteiger partial charge in [-0.2, -0.15) is 0 Å². The highest BCUT2D eigenvalue weighted by molar-refractivity contribution is 7.18. The van der Waals surface area contributed by atoms with Crippen molar-refractivity contribution in [2.24, 2.45) is 0 Å². The van der Waals surface area contributed by atoms with Crippen molar-refractivity contribution in [2.75, 3.05) is 47.4 Å². The number of aliphatic hydroxyl groups is 4. The second kappa shape index (κ2) is 46.0. The van der Waals surface area contributed by atoms with Crippen molar-refractivity contribution < 1.29 is 93.9 Å². The monoisotopic (exact) mass is 2070 g/mol. The minimum atomic E-state index is -2.97. The molecule has 15 atom stereocenters. The predicted molar refractivity (Wildman–Crippen MR) is 534 cm³/mol. The number of pyridine rings is 4. The molecule has 4 aliphatic heterocycles. The molecule has 778 valence electrons. The quantitative estimate of drug-likeness (QED) is 0.0213. The molecule has 0 bridgehead atoms. The Kier molecular flexibility index (Phi) is 35.2. The summed E-state index contributed by atoms with van der Waals surface area (Å²) in [6, 6.07) is 4.55. The van der Waals surface area contributed by atoms with Crippen LogP contribution in [0.1, 0.15) is 308 Å². The molecule has 8 amide bonds. The van der Waals surface area contributed by atoms with Crippen LogP contribution in [-0.4, -0.2) is 274 Å². The van der Waals surface area contributed by atoms with E-state index in [4.69, 9.17) is 0 Å². The van der Waals surface area contributed by atoms with Gasteiger partial charge in [0.15, 0.2) is 20.0 Å². The number of carbonyl (C=O) groups excluding carboxylic acids is 8. The molecular weight excluding hydrogens is 1940 g/mol. The molecule has 0 spiro atoms. The van der Waals surface area contributed by atoms with E-state index >= 15 is 0 Å². The lowest BCUT2D eigenvalue weighted by molar-refractivity contribution is 0.0115. The van der Waals surface area contributed by atoms with E-state index in [1.165, 1.54) is 0 Å². The molecule has 32 nitrogen and oxygen atoms in total. The number of aryl methyl sites for hydroxylation is 4. The van der Waals surface area contributed by atoms with Gasteiger partial charge in [0, 0.05) is 133 Å². The molecule has 8 aliphatic rings. The number of amides is 8. The van der Waals surface area contributed by atoms with Crippen LogP contribution in [-0.2, 0) is 0 Å². The highest BCUT2D eigenvalue weighted by Gasteiger charge is 2.51. The van der Waals surface area contributed by atoms with Crippen LogP contribution in [0, 0.1) is 27.7 Å². The third-order valence-electron chi connectivity index (χ3n) is 27.2. The van der Waals surface area contributed by atoms with Crippen LogP contribution in [0.25, 0.3) is 41.8 Å². The molecule has 12 heterocycles. The van der Waals surface area contributed by atoms with Gasteiger partial charge in [-0.15, -0.1) is 45.3 Å². The SMILES string of the molecule is CC[C@@H](C)Nc1cc(C)c(-c2sc(C(=O)N[C@@H]3CCC[C@H]3O)nc2C(=O)N2CC(F)(F)C[C@@H]2C)cn1.CC[C@@H](C)Nc1cc(C)c(-c2sc(C(=O)N[C@H]3CCC[C@@H]3O)nc2C(=O)N2CC(F)(F)C[C@@H]2C)cn1.CC[C@@H](C)Nc1cc(C)c(-c2sc(C(=O)N[C@H]3CC[C@H](O)C3)nc2C(=O)N2CC(F)(F)C[C@@H]2C)cn1.Cc1cc(NC(C)C)ncc1-c1sc(C(=O)N[C@H]2CC[C@H](O)C2)nc1C(=O)N1CC(F)(F)C[C@@H]1C. The number of rotatable bonds is 27. The molecule has 0 radical (unpaired) electrons. The number of nitrogens with one attached hydrogen (secondary N) is 8. The number of aromatic nitrogens is 8. The van der Waals surface area contributed by atoms with Crippen LogP contribution < -0.4 is 42.5 Å². The number of thiazole rings is 4. The average molecular weight is 2070 g/mol. The van der Waals surface area contributed by atoms with Crippen molar-refractivity contribution in [3.63, 3.8) is 0 Å². The fourth-order valence-electron chi connectivity index (χ4n) is 18.9. The summed E-state index contributed by atoms with van der Waals surface area (Å²) >= 11 is 4.16. The van der Waals surface area contributed by atoms with Gasteiger partial charge >= 0.3 is 0 Å². The summed E-state index contributed by atoms with van der Waals surface area (Å²) in [7, 11) is 0. The minimum absolute atomic E-state index is 0.0197. The molecular formula is C99H130F8N20O12S4. The van der Waals surface area contributed by atoms with Gasteiger partial charge in [0.2, 0.25) is 0 Å². The maximum absolute atomic E-state index is 14.1. The van der Waals surface area contributed by atoms with Gasteiger partial charge in [-0.05, 0) is 233 Å². The van der Waals surface area contributed by atoms with Crippen molar-refractivity contribution in [3.05, 3.63) is 114 Å². The third kappa shape index (κ3) is 27.0. The minimum Gasteiger partial charge on any atom is -0.393 e. The summed E-state index contributed by atoms with van der Waals surface area (Å²) in [6.45, 7) is 27.4. The normalized spacial score (nSPS) is 24.0. The zero-order valence-corrected chi connectivity index (χ0v) is 86.5. The van der Waals surface area contributed by atoms with Crippen LogP contribution in [0.2, 0.25) is 0 Å². The zero-order valence-electron chi connectivity index (χ0n) is 83.2. The van der Waals surface area contributed by atoms with E-state index in [1.54, 1.807) is 52.5 Å². The Morgan fingerprint density at radius 1 is 0.371 bits per heavy atom. The first kappa shape index (κ1) is 110. The lowest BCUT2D eigenvalue weighted by Gasteiger charge is -2.20. The predicted octanol–water partition coefficient (Wildman–Crippen LogP) is 16.6. The molecule has 8 fully saturated rings. The fourth-order valence-corrected chi connectivity index (χ4v) is 23.0. The van der Waals surface area contributed by atoms with Crippen LogP contribution in [0.5, 0.6) is 0 Å². The molecule has 44 heteroatoms. The smallest absolute Gasteiger partial charge is 0.280 e. The van der Waals surface area contributed by atoms with Gasteiger partial charge in [0.05, 0.1) is 82.2 Å². The van der Waals surface area contributed by atoms with Gasteiger partial charge in [-0.1, -0.05) is 20.8 Å². The Morgan fingerprint density at radius 3 is 0.811 bits per heavy atom. The molecule has 16 rings (SSSR count). The zero-order chi connectivity index (χ0) is 104. The Bertz CT molecular complexity index is 5770. The summed E-state index contributed by atoms with van der Waals surface area (Å²) in [5.74, 6) is -13.5. The van der Waals surface area contributed by atoms with Crippen molar-refractivity contribution in [1.82, 2.24) is 80.7 Å². The summed E-state index contributed by atoms with van der Waals surface area (Å²) in [5, 5.41) is 64.5. The molecule has 0 aromatic carbocycles. The van der Waals surface area contributed by atoms with Gasteiger partial charge in [-0.25, -0.2) is 75.0 Å². The van der Waals surface area contributed by atoms with Crippen molar-refractivity contribution >= 4 is 116 Å². The molecule has 8 aromatic heterocycles. The number of likely N-dealkylation sites (tertiary alicyclic amines) is 4. The van der Waals surface area contributed by atoms with Crippen molar-refractivity contribution in [3.8, 4) is 41.8 Å². The molecule has 4 saturated heterocycles. The van der Waals surface area contributed by atoms with Crippen LogP contribution in [0.4, 0.5) is 58.4 Å². The first-order valence-corrected chi connectivity index (χ1v) is 52.3. The first-order valence-electron chi connectivity index (χ1n) is 49.1. The highest BCUT2D eigenvalue weighted by Crippen LogP contribution is 2.45. The highest BCUT2D eigenvalue weighted by atomic mass is 32.1. The van der Waals surface area contributed by atoms with E-state index in [9.17, 15) is 93.9 Å². The van der Waals surface area contributed by atoms with Crippen LogP contribution in [0.3, 0.4) is 0 Å². The van der Waals surface area contributed by atoms with E-state index in [1.807, 2.05) is 86.6 Å². The number of alkyl halides is 8. The Morgan fingerprint density at radius 2 is 0.615 bits per heavy atom. The Hall–Kier alpha value is -10.6. The maximum Gasteiger partial charge on any atom is 0.280 e. The van der Waals surface area contributed by atoms with Crippen molar-refractivity contribution in [2.45, 2.75) is 353 Å². The molecule has 4 saturated carbocycles. The van der Waals surface area contributed by atoms with Gasteiger partial charge in [-0.3, -0.25) is 38.4 Å². The third-order valence-corrected chi connectivity index (χ3v) is 31.6. The van der Waals surface area contributed by atoms with E-state index in [0.29, 0.717) is 129 Å². The summed E-state index contributed by atoms with van der Waals surface area (Å²) in [6.07, 6.45) is 13.1. The Balaban J connectivity index is 0.000000160. The number of hydrogen-bond donors (Lipinski definition) is 12. The number of anilines is 4. The fraction of sp³-hybridized carbons (Fsp3) is 0.596. The molecule has 8 aromatic rings. The van der Waals surface area contributed by atoms with E-state index in [-0.39, 0.29) is 91.1 Å². The molecule has 12 N–H and O–H groups in total. The standard InChI is InChI=1S/3C25H33F2N5O3S.C24H31F2N5O3S/c1-5-14(3)29-19-8-13(2)18(11-28-19)21-20(24(35)32-12-25(26,27)10-15(32)4)31-23(36-21)22(34)30-16-6-7-17(33)9-16;2*1-5-14(3)29-19-9-13(2)16(11-28-19)21-20(24(35)32-12-25(26,27)10-15(32)4)31-23(36-21)22(34)30-17-7-6-8-18(17)33;1-12(2)28-18-7-13(3)17(10-27-18)20-19(23(34)31-11-24(25,26)9-14(31)4)30-22(35-20)21(33)29-15-5-6-16(32)8-15/h8,11,14-17,33H,5-7,9-10,12H2,1-4H3,(H,28,29)(H,30,34);2*9,11,14-15,17-18,33H,5-8,10,12H2,1-4H3,(H,28,29)(H,30,34);7,10,12,14-16,32H,5-6,8-9,11H2,1-4H3,(H,27,28)(H,29,33)/t14-,15+,16+,17+;14-,15+,17+,18+;14-,15+,17-,18-;14-,15-,16-/m1110/s1. The second-order valence-electron chi connectivity index (χ2n) is 39.8. The van der Waals surface area contributed by atoms with Gasteiger partial charge in [0.25, 0.3) is 70.9 Å². The lowest BCUT2D eigenvalue weighted by Crippen LogP contribution is -2.40. The number of aliphatic hydroxyl groups excluding tert-OH is 4. The second-order valence-corrected chi connectivity index (χ2v) is 43.8. The number of carbonyl (C=O) groups is 8. The van der Waals surface area contributed by atoms with Crippen LogP contribution in [0.15, 0.2) is 49.1 Å².